The van der Waals surface area contributed by atoms with Gasteiger partial charge in [-0.3, -0.25) is 4.79 Å². The lowest BCUT2D eigenvalue weighted by Crippen LogP contribution is -1.98. The highest BCUT2D eigenvalue weighted by atomic mass is 16.5. The van der Waals surface area contributed by atoms with E-state index < -0.39 is 0 Å². The van der Waals surface area contributed by atoms with Gasteiger partial charge in [0.2, 0.25) is 0 Å². The van der Waals surface area contributed by atoms with Gasteiger partial charge in [0.25, 0.3) is 0 Å². The van der Waals surface area contributed by atoms with Gasteiger partial charge in [-0.15, -0.1) is 0 Å². The maximum absolute atomic E-state index is 11.4. The zero-order chi connectivity index (χ0) is 16.8. The van der Waals surface area contributed by atoms with Crippen LogP contribution in [-0.4, -0.2) is 6.29 Å². The molecule has 0 aliphatic heterocycles. The third-order valence-electron chi connectivity index (χ3n) is 3.73. The Morgan fingerprint density at radius 1 is 0.958 bits per heavy atom. The fraction of sp³-hybridized carbons (Fsp3) is 0.0476. The van der Waals surface area contributed by atoms with E-state index in [1.807, 2.05) is 54.6 Å². The molecule has 3 heteroatoms. The Kier molecular flexibility index (Phi) is 4.69. The van der Waals surface area contributed by atoms with Crippen molar-refractivity contribution >= 4 is 6.29 Å². The van der Waals surface area contributed by atoms with Crippen molar-refractivity contribution in [3.05, 3.63) is 89.5 Å². The first kappa shape index (κ1) is 15.5. The van der Waals surface area contributed by atoms with Crippen LogP contribution in [0.5, 0.6) is 5.75 Å². The minimum atomic E-state index is 0.399. The summed E-state index contributed by atoms with van der Waals surface area (Å²) in [7, 11) is 0. The van der Waals surface area contributed by atoms with Crippen molar-refractivity contribution in [3.63, 3.8) is 0 Å². The van der Waals surface area contributed by atoms with Crippen molar-refractivity contribution in [1.82, 2.24) is 0 Å². The average Bonchev–Trinajstić information content (AvgIpc) is 2.67. The second kappa shape index (κ2) is 7.26. The molecular weight excluding hydrogens is 298 g/mol. The molecule has 0 bridgehead atoms. The van der Waals surface area contributed by atoms with E-state index in [0.29, 0.717) is 23.5 Å². The molecule has 24 heavy (non-hydrogen) atoms. The third-order valence-corrected chi connectivity index (χ3v) is 3.73. The maximum atomic E-state index is 11.4. The fourth-order valence-corrected chi connectivity index (χ4v) is 2.51. The van der Waals surface area contributed by atoms with Crippen LogP contribution in [0.15, 0.2) is 72.8 Å². The number of nitrogens with zero attached hydrogens (tertiary/aromatic N) is 1. The topological polar surface area (TPSA) is 50.1 Å². The van der Waals surface area contributed by atoms with Gasteiger partial charge in [0.15, 0.2) is 6.29 Å². The highest BCUT2D eigenvalue weighted by molar-refractivity contribution is 5.84. The summed E-state index contributed by atoms with van der Waals surface area (Å²) >= 11 is 0. The molecule has 0 atom stereocenters. The molecule has 0 unspecified atom stereocenters. The molecule has 0 fully saturated rings. The molecular formula is C21H15NO2. The van der Waals surface area contributed by atoms with Gasteiger partial charge in [-0.2, -0.15) is 5.26 Å². The summed E-state index contributed by atoms with van der Waals surface area (Å²) in [4.78, 5) is 11.4. The molecule has 0 saturated heterocycles. The first-order valence-corrected chi connectivity index (χ1v) is 7.57. The normalized spacial score (nSPS) is 9.96. The summed E-state index contributed by atoms with van der Waals surface area (Å²) in [6.45, 7) is 0.399. The minimum Gasteiger partial charge on any atom is -0.488 e. The average molecular weight is 313 g/mol. The molecule has 0 saturated carbocycles. The molecule has 3 nitrogen and oxygen atoms in total. The zero-order valence-electron chi connectivity index (χ0n) is 13.0. The van der Waals surface area contributed by atoms with E-state index in [1.54, 1.807) is 18.2 Å². The summed E-state index contributed by atoms with van der Waals surface area (Å²) < 4.78 is 5.77. The van der Waals surface area contributed by atoms with Crippen LogP contribution in [0, 0.1) is 11.3 Å². The third kappa shape index (κ3) is 3.34. The predicted octanol–water partition coefficient (Wildman–Crippen LogP) is 4.62. The highest BCUT2D eigenvalue weighted by Gasteiger charge is 2.09. The van der Waals surface area contributed by atoms with Gasteiger partial charge in [-0.05, 0) is 34.9 Å². The Hall–Kier alpha value is -3.38. The lowest BCUT2D eigenvalue weighted by molar-refractivity contribution is 0.111. The van der Waals surface area contributed by atoms with E-state index in [1.165, 1.54) is 0 Å². The SMILES string of the molecule is N#Cc1ccccc1-c1ccc(OCc2ccccc2)c(C=O)c1. The smallest absolute Gasteiger partial charge is 0.153 e. The highest BCUT2D eigenvalue weighted by Crippen LogP contribution is 2.28. The standard InChI is InChI=1S/C21H15NO2/c22-13-18-8-4-5-9-20(18)17-10-11-21(19(12-17)14-23)24-15-16-6-2-1-3-7-16/h1-12,14H,15H2. The van der Waals surface area contributed by atoms with Crippen LogP contribution in [-0.2, 0) is 6.61 Å². The second-order valence-electron chi connectivity index (χ2n) is 5.30. The molecule has 116 valence electrons. The Balaban J connectivity index is 1.88. The first-order valence-electron chi connectivity index (χ1n) is 7.57. The Bertz CT molecular complexity index is 895. The van der Waals surface area contributed by atoms with Crippen LogP contribution in [0.1, 0.15) is 21.5 Å². The van der Waals surface area contributed by atoms with Crippen molar-refractivity contribution in [3.8, 4) is 22.9 Å². The number of carbonyl (C=O) groups excluding carboxylic acids is 1. The minimum absolute atomic E-state index is 0.399. The second-order valence-corrected chi connectivity index (χ2v) is 5.30. The number of rotatable bonds is 5. The molecule has 0 radical (unpaired) electrons. The van der Waals surface area contributed by atoms with Gasteiger partial charge in [0, 0.05) is 0 Å². The van der Waals surface area contributed by atoms with E-state index in [9.17, 15) is 10.1 Å². The molecule has 0 spiro atoms. The van der Waals surface area contributed by atoms with Crippen LogP contribution >= 0.6 is 0 Å². The molecule has 3 aromatic carbocycles. The maximum Gasteiger partial charge on any atom is 0.153 e. The predicted molar refractivity (Wildman–Crippen MR) is 92.8 cm³/mol. The van der Waals surface area contributed by atoms with E-state index in [4.69, 9.17) is 4.74 Å². The quantitative estimate of drug-likeness (QED) is 0.646. The molecule has 0 amide bonds. The Labute approximate surface area is 140 Å². The molecule has 0 aliphatic rings. The summed E-state index contributed by atoms with van der Waals surface area (Å²) in [5, 5.41) is 9.23. The van der Waals surface area contributed by atoms with Gasteiger partial charge in [-0.1, -0.05) is 54.6 Å². The summed E-state index contributed by atoms with van der Waals surface area (Å²) in [6.07, 6.45) is 0.777. The number of ether oxygens (including phenoxy) is 1. The van der Waals surface area contributed by atoms with Crippen molar-refractivity contribution in [2.45, 2.75) is 6.61 Å². The van der Waals surface area contributed by atoms with Crippen molar-refractivity contribution < 1.29 is 9.53 Å². The number of aldehydes is 1. The summed E-state index contributed by atoms with van der Waals surface area (Å²) in [5.74, 6) is 0.534. The van der Waals surface area contributed by atoms with Gasteiger partial charge in [0.1, 0.15) is 12.4 Å². The molecule has 0 N–H and O–H groups in total. The first-order chi connectivity index (χ1) is 11.8. The van der Waals surface area contributed by atoms with Crippen molar-refractivity contribution in [2.75, 3.05) is 0 Å². The largest absolute Gasteiger partial charge is 0.488 e. The van der Waals surface area contributed by atoms with Crippen LogP contribution in [0.2, 0.25) is 0 Å². The molecule has 3 aromatic rings. The number of hydrogen-bond acceptors (Lipinski definition) is 3. The monoisotopic (exact) mass is 313 g/mol. The Morgan fingerprint density at radius 3 is 2.46 bits per heavy atom. The fourth-order valence-electron chi connectivity index (χ4n) is 2.51. The van der Waals surface area contributed by atoms with Crippen molar-refractivity contribution in [2.24, 2.45) is 0 Å². The van der Waals surface area contributed by atoms with E-state index in [0.717, 1.165) is 23.0 Å². The van der Waals surface area contributed by atoms with Gasteiger partial charge in [0.05, 0.1) is 17.2 Å². The van der Waals surface area contributed by atoms with Gasteiger partial charge in [-0.25, -0.2) is 0 Å². The molecule has 0 aliphatic carbocycles. The van der Waals surface area contributed by atoms with Crippen LogP contribution < -0.4 is 4.74 Å². The van der Waals surface area contributed by atoms with E-state index in [-0.39, 0.29) is 0 Å². The van der Waals surface area contributed by atoms with E-state index >= 15 is 0 Å². The van der Waals surface area contributed by atoms with Gasteiger partial charge >= 0.3 is 0 Å². The van der Waals surface area contributed by atoms with Gasteiger partial charge < -0.3 is 4.74 Å². The lowest BCUT2D eigenvalue weighted by Gasteiger charge is -2.11. The number of carbonyl (C=O) groups is 1. The zero-order valence-corrected chi connectivity index (χ0v) is 13.0. The van der Waals surface area contributed by atoms with Crippen LogP contribution in [0.3, 0.4) is 0 Å². The van der Waals surface area contributed by atoms with Crippen molar-refractivity contribution in [1.29, 1.82) is 5.26 Å². The number of nitriles is 1. The Morgan fingerprint density at radius 2 is 1.71 bits per heavy atom. The number of hydrogen-bond donors (Lipinski definition) is 0. The molecule has 3 rings (SSSR count). The lowest BCUT2D eigenvalue weighted by atomic mass is 9.98. The molecule has 0 heterocycles. The number of benzene rings is 3. The van der Waals surface area contributed by atoms with Crippen LogP contribution in [0.25, 0.3) is 11.1 Å². The summed E-state index contributed by atoms with van der Waals surface area (Å²) in [6, 6.07) is 24.7. The van der Waals surface area contributed by atoms with E-state index in [2.05, 4.69) is 6.07 Å². The molecule has 0 aromatic heterocycles. The summed E-state index contributed by atoms with van der Waals surface area (Å²) in [5.41, 5.74) is 3.70. The van der Waals surface area contributed by atoms with Crippen LogP contribution in [0.4, 0.5) is 0 Å².